The van der Waals surface area contributed by atoms with Crippen LogP contribution in [0.15, 0.2) is 22.8 Å². The van der Waals surface area contributed by atoms with Crippen LogP contribution in [0, 0.1) is 0 Å². The lowest BCUT2D eigenvalue weighted by molar-refractivity contribution is 1.16. The zero-order valence-corrected chi connectivity index (χ0v) is 6.51. The number of hydrogen-bond acceptors (Lipinski definition) is 3. The molecule has 0 atom stereocenters. The summed E-state index contributed by atoms with van der Waals surface area (Å²) < 4.78 is 0. The first-order chi connectivity index (χ1) is 4.22. The van der Waals surface area contributed by atoms with Crippen LogP contribution in [-0.4, -0.2) is 4.86 Å². The van der Waals surface area contributed by atoms with Gasteiger partial charge in [-0.25, -0.2) is 0 Å². The standard InChI is InChI=1S/C6H7NS2/c7-4-2-1-3-5(8)6(4)9/h1,3,9H,2,7H2. The topological polar surface area (TPSA) is 26.0 Å². The minimum atomic E-state index is 0.738. The molecule has 0 radical (unpaired) electrons. The Labute approximate surface area is 65.0 Å². The Balaban J connectivity index is 2.92. The highest BCUT2D eigenvalue weighted by Crippen LogP contribution is 2.16. The van der Waals surface area contributed by atoms with E-state index in [4.69, 9.17) is 18.0 Å². The number of hydrogen-bond donors (Lipinski definition) is 2. The summed E-state index contributed by atoms with van der Waals surface area (Å²) in [6.45, 7) is 0. The van der Waals surface area contributed by atoms with E-state index in [9.17, 15) is 0 Å². The van der Waals surface area contributed by atoms with Gasteiger partial charge in [0, 0.05) is 17.0 Å². The second-order valence-corrected chi connectivity index (χ2v) is 2.73. The van der Waals surface area contributed by atoms with E-state index in [1.807, 2.05) is 12.2 Å². The summed E-state index contributed by atoms with van der Waals surface area (Å²) in [5.41, 5.74) is 6.30. The first kappa shape index (κ1) is 6.83. The zero-order chi connectivity index (χ0) is 6.85. The molecule has 1 nitrogen and oxygen atoms in total. The van der Waals surface area contributed by atoms with Gasteiger partial charge in [-0.15, -0.1) is 12.6 Å². The molecule has 48 valence electrons. The molecule has 0 saturated heterocycles. The maximum Gasteiger partial charge on any atom is 0.0524 e. The van der Waals surface area contributed by atoms with Gasteiger partial charge in [0.25, 0.3) is 0 Å². The number of thiocarbonyl (C=S) groups is 1. The first-order valence-corrected chi connectivity index (χ1v) is 3.46. The summed E-state index contributed by atoms with van der Waals surface area (Å²) in [7, 11) is 0. The van der Waals surface area contributed by atoms with Crippen LogP contribution in [0.2, 0.25) is 0 Å². The van der Waals surface area contributed by atoms with E-state index in [1.165, 1.54) is 0 Å². The SMILES string of the molecule is NC1=C(S)C(=S)C=CC1. The Morgan fingerprint density at radius 2 is 2.33 bits per heavy atom. The van der Waals surface area contributed by atoms with E-state index in [0.717, 1.165) is 21.9 Å². The predicted octanol–water partition coefficient (Wildman–Crippen LogP) is 1.42. The molecule has 0 fully saturated rings. The van der Waals surface area contributed by atoms with Gasteiger partial charge in [0.1, 0.15) is 0 Å². The molecule has 3 heteroatoms. The Bertz CT molecular complexity index is 203. The molecule has 0 aromatic heterocycles. The van der Waals surface area contributed by atoms with Crippen molar-refractivity contribution in [3.63, 3.8) is 0 Å². The number of allylic oxidation sites excluding steroid dienone is 3. The third-order valence-electron chi connectivity index (χ3n) is 1.14. The molecule has 9 heavy (non-hydrogen) atoms. The molecule has 0 bridgehead atoms. The smallest absolute Gasteiger partial charge is 0.0524 e. The molecular formula is C6H7NS2. The fourth-order valence-corrected chi connectivity index (χ4v) is 1.02. The molecule has 2 N–H and O–H groups in total. The van der Waals surface area contributed by atoms with Gasteiger partial charge in [0.05, 0.1) is 4.86 Å². The molecule has 0 heterocycles. The average molecular weight is 157 g/mol. The largest absolute Gasteiger partial charge is 0.401 e. The van der Waals surface area contributed by atoms with Gasteiger partial charge in [-0.05, 0) is 6.08 Å². The lowest BCUT2D eigenvalue weighted by atomic mass is 10.1. The van der Waals surface area contributed by atoms with Crippen molar-refractivity contribution in [2.75, 3.05) is 0 Å². The highest BCUT2D eigenvalue weighted by molar-refractivity contribution is 7.90. The van der Waals surface area contributed by atoms with Crippen LogP contribution in [0.3, 0.4) is 0 Å². The fourth-order valence-electron chi connectivity index (χ4n) is 0.627. The molecule has 0 spiro atoms. The molecule has 0 aromatic rings. The molecule has 1 rings (SSSR count). The van der Waals surface area contributed by atoms with Crippen LogP contribution in [0.25, 0.3) is 0 Å². The maximum atomic E-state index is 5.53. The van der Waals surface area contributed by atoms with Crippen molar-refractivity contribution in [3.05, 3.63) is 22.8 Å². The van der Waals surface area contributed by atoms with Crippen LogP contribution >= 0.6 is 24.8 Å². The van der Waals surface area contributed by atoms with Gasteiger partial charge < -0.3 is 5.73 Å². The van der Waals surface area contributed by atoms with Gasteiger partial charge in [-0.3, -0.25) is 0 Å². The van der Waals surface area contributed by atoms with Crippen molar-refractivity contribution < 1.29 is 0 Å². The average Bonchev–Trinajstić information content (AvgIpc) is 1.83. The summed E-state index contributed by atoms with van der Waals surface area (Å²) in [6.07, 6.45) is 4.57. The van der Waals surface area contributed by atoms with E-state index >= 15 is 0 Å². The summed E-state index contributed by atoms with van der Waals surface area (Å²) in [6, 6.07) is 0. The van der Waals surface area contributed by atoms with Crippen LogP contribution < -0.4 is 5.73 Å². The predicted molar refractivity (Wildman–Crippen MR) is 46.6 cm³/mol. The zero-order valence-electron chi connectivity index (χ0n) is 4.79. The van der Waals surface area contributed by atoms with Crippen molar-refractivity contribution in [2.45, 2.75) is 6.42 Å². The van der Waals surface area contributed by atoms with E-state index < -0.39 is 0 Å². The monoisotopic (exact) mass is 157 g/mol. The minimum Gasteiger partial charge on any atom is -0.401 e. The normalized spacial score (nSPS) is 19.0. The molecule has 1 aliphatic rings. The fraction of sp³-hybridized carbons (Fsp3) is 0.167. The van der Waals surface area contributed by atoms with E-state index in [2.05, 4.69) is 12.6 Å². The Morgan fingerprint density at radius 1 is 1.67 bits per heavy atom. The molecule has 0 aliphatic heterocycles. The third-order valence-corrected chi connectivity index (χ3v) is 2.16. The van der Waals surface area contributed by atoms with Crippen LogP contribution in [0.5, 0.6) is 0 Å². The molecule has 0 amide bonds. The highest BCUT2D eigenvalue weighted by atomic mass is 32.1. The number of thiol groups is 1. The Hall–Kier alpha value is -0.280. The van der Waals surface area contributed by atoms with Crippen molar-refractivity contribution in [3.8, 4) is 0 Å². The van der Waals surface area contributed by atoms with Crippen LogP contribution in [0.4, 0.5) is 0 Å². The summed E-state index contributed by atoms with van der Waals surface area (Å²) in [5, 5.41) is 0. The second kappa shape index (κ2) is 2.54. The van der Waals surface area contributed by atoms with Crippen molar-refractivity contribution in [1.29, 1.82) is 0 Å². The summed E-state index contributed by atoms with van der Waals surface area (Å²) in [5.74, 6) is 0. The quantitative estimate of drug-likeness (QED) is 0.411. The van der Waals surface area contributed by atoms with Gasteiger partial charge in [0.15, 0.2) is 0 Å². The van der Waals surface area contributed by atoms with Gasteiger partial charge in [0.2, 0.25) is 0 Å². The van der Waals surface area contributed by atoms with Crippen LogP contribution in [0.1, 0.15) is 6.42 Å². The van der Waals surface area contributed by atoms with Gasteiger partial charge in [-0.2, -0.15) is 0 Å². The van der Waals surface area contributed by atoms with Crippen molar-refractivity contribution >= 4 is 29.7 Å². The van der Waals surface area contributed by atoms with Crippen LogP contribution in [-0.2, 0) is 0 Å². The lowest BCUT2D eigenvalue weighted by Crippen LogP contribution is -2.07. The van der Waals surface area contributed by atoms with Gasteiger partial charge in [-0.1, -0.05) is 18.3 Å². The summed E-state index contributed by atoms with van der Waals surface area (Å²) >= 11 is 9.02. The molecule has 0 aromatic carbocycles. The van der Waals surface area contributed by atoms with E-state index in [-0.39, 0.29) is 0 Å². The minimum absolute atomic E-state index is 0.738. The van der Waals surface area contributed by atoms with E-state index in [1.54, 1.807) is 0 Å². The summed E-state index contributed by atoms with van der Waals surface area (Å²) in [4.78, 5) is 1.49. The van der Waals surface area contributed by atoms with Crippen molar-refractivity contribution in [2.24, 2.45) is 5.73 Å². The number of rotatable bonds is 0. The Kier molecular flexibility index (Phi) is 1.93. The molecule has 1 aliphatic carbocycles. The second-order valence-electron chi connectivity index (χ2n) is 1.84. The number of nitrogens with two attached hydrogens (primary N) is 1. The highest BCUT2D eigenvalue weighted by Gasteiger charge is 2.05. The van der Waals surface area contributed by atoms with Crippen molar-refractivity contribution in [1.82, 2.24) is 0 Å². The van der Waals surface area contributed by atoms with E-state index in [0.29, 0.717) is 0 Å². The maximum absolute atomic E-state index is 5.53. The van der Waals surface area contributed by atoms with Gasteiger partial charge >= 0.3 is 0 Å². The molecule has 0 saturated carbocycles. The lowest BCUT2D eigenvalue weighted by Gasteiger charge is -2.07. The Morgan fingerprint density at radius 3 is 2.78 bits per heavy atom. The first-order valence-electron chi connectivity index (χ1n) is 2.60. The molecular weight excluding hydrogens is 150 g/mol. The molecule has 0 unspecified atom stereocenters. The third kappa shape index (κ3) is 1.34.